The summed E-state index contributed by atoms with van der Waals surface area (Å²) in [6, 6.07) is 5.44. The van der Waals surface area contributed by atoms with E-state index in [1.807, 2.05) is 24.0 Å². The molecule has 2 rings (SSSR count). The number of carbonyl (C=O) groups is 2. The van der Waals surface area contributed by atoms with Gasteiger partial charge in [0.05, 0.1) is 20.1 Å². The van der Waals surface area contributed by atoms with Gasteiger partial charge in [-0.1, -0.05) is 13.8 Å². The maximum atomic E-state index is 12.7. The molecule has 0 bridgehead atoms. The van der Waals surface area contributed by atoms with E-state index < -0.39 is 0 Å². The lowest BCUT2D eigenvalue weighted by Gasteiger charge is -2.39. The third-order valence-corrected chi connectivity index (χ3v) is 4.91. The molecule has 1 saturated heterocycles. The van der Waals surface area contributed by atoms with Crippen molar-refractivity contribution in [3.63, 3.8) is 0 Å². The van der Waals surface area contributed by atoms with Crippen LogP contribution in [-0.4, -0.2) is 43.5 Å². The van der Waals surface area contributed by atoms with Crippen LogP contribution in [-0.2, 0) is 16.1 Å². The van der Waals surface area contributed by atoms with E-state index in [1.54, 1.807) is 20.3 Å². The molecule has 1 fully saturated rings. The number of likely N-dealkylation sites (tertiary alicyclic amines) is 1. The molecule has 1 aromatic carbocycles. The van der Waals surface area contributed by atoms with Crippen molar-refractivity contribution < 1.29 is 19.1 Å². The van der Waals surface area contributed by atoms with Crippen LogP contribution in [0, 0.1) is 11.8 Å². The Hall–Kier alpha value is -2.24. The van der Waals surface area contributed by atoms with Crippen LogP contribution in [0.1, 0.15) is 39.2 Å². The molecule has 0 unspecified atom stereocenters. The normalized spacial score (nSPS) is 20.2. The van der Waals surface area contributed by atoms with Gasteiger partial charge in [-0.15, -0.1) is 0 Å². The highest BCUT2D eigenvalue weighted by molar-refractivity contribution is 5.84. The van der Waals surface area contributed by atoms with Crippen LogP contribution in [0.15, 0.2) is 18.2 Å². The van der Waals surface area contributed by atoms with Crippen LogP contribution in [0.2, 0.25) is 0 Å². The molecular formula is C20H30N2O4. The van der Waals surface area contributed by atoms with Crippen LogP contribution in [0.4, 0.5) is 0 Å². The molecule has 1 heterocycles. The van der Waals surface area contributed by atoms with E-state index in [0.717, 1.165) is 5.56 Å². The van der Waals surface area contributed by atoms with Gasteiger partial charge in [0.25, 0.3) is 0 Å². The first kappa shape index (κ1) is 20.1. The number of rotatable bonds is 7. The molecule has 0 aliphatic carbocycles. The minimum atomic E-state index is -0.185. The molecule has 1 aromatic rings. The van der Waals surface area contributed by atoms with Crippen molar-refractivity contribution in [3.8, 4) is 11.5 Å². The van der Waals surface area contributed by atoms with E-state index in [0.29, 0.717) is 43.3 Å². The smallest absolute Gasteiger partial charge is 0.225 e. The summed E-state index contributed by atoms with van der Waals surface area (Å²) in [5.74, 6) is 1.71. The van der Waals surface area contributed by atoms with Crippen molar-refractivity contribution in [2.24, 2.45) is 11.8 Å². The van der Waals surface area contributed by atoms with Gasteiger partial charge in [0, 0.05) is 37.2 Å². The Labute approximate surface area is 155 Å². The number of piperidine rings is 1. The average molecular weight is 362 g/mol. The molecule has 2 amide bonds. The lowest BCUT2D eigenvalue weighted by Crippen LogP contribution is -2.52. The molecule has 1 N–H and O–H groups in total. The van der Waals surface area contributed by atoms with E-state index in [4.69, 9.17) is 9.47 Å². The van der Waals surface area contributed by atoms with E-state index in [2.05, 4.69) is 19.2 Å². The van der Waals surface area contributed by atoms with Crippen molar-refractivity contribution in [1.82, 2.24) is 10.2 Å². The molecule has 2 atom stereocenters. The summed E-state index contributed by atoms with van der Waals surface area (Å²) in [4.78, 5) is 26.8. The maximum Gasteiger partial charge on any atom is 0.225 e. The SMILES string of the molecule is COc1ccc(CNC(=O)[C@@H]2CCC(=O)N(CC(C)C)[C@@H]2C)c(OC)c1. The predicted octanol–water partition coefficient (Wildman–Crippen LogP) is 2.60. The van der Waals surface area contributed by atoms with Crippen LogP contribution in [0.5, 0.6) is 11.5 Å². The van der Waals surface area contributed by atoms with E-state index in [9.17, 15) is 9.59 Å². The summed E-state index contributed by atoms with van der Waals surface area (Å²) >= 11 is 0. The molecule has 144 valence electrons. The number of hydrogen-bond donors (Lipinski definition) is 1. The van der Waals surface area contributed by atoms with Crippen LogP contribution in [0.3, 0.4) is 0 Å². The first-order valence-electron chi connectivity index (χ1n) is 9.15. The van der Waals surface area contributed by atoms with Gasteiger partial charge in [0.1, 0.15) is 11.5 Å². The minimum absolute atomic E-state index is 0.0170. The number of ether oxygens (including phenoxy) is 2. The van der Waals surface area contributed by atoms with Crippen molar-refractivity contribution in [1.29, 1.82) is 0 Å². The molecule has 0 aromatic heterocycles. The maximum absolute atomic E-state index is 12.7. The highest BCUT2D eigenvalue weighted by Gasteiger charge is 2.36. The topological polar surface area (TPSA) is 67.9 Å². The summed E-state index contributed by atoms with van der Waals surface area (Å²) in [6.45, 7) is 7.21. The second-order valence-corrected chi connectivity index (χ2v) is 7.22. The summed E-state index contributed by atoms with van der Waals surface area (Å²) in [7, 11) is 3.20. The largest absolute Gasteiger partial charge is 0.497 e. The van der Waals surface area contributed by atoms with Gasteiger partial charge in [0.2, 0.25) is 11.8 Å². The Morgan fingerprint density at radius 2 is 2.04 bits per heavy atom. The van der Waals surface area contributed by atoms with E-state index in [1.165, 1.54) is 0 Å². The third-order valence-electron chi connectivity index (χ3n) is 4.91. The van der Waals surface area contributed by atoms with Crippen molar-refractivity contribution in [2.45, 2.75) is 46.2 Å². The van der Waals surface area contributed by atoms with E-state index >= 15 is 0 Å². The Balaban J connectivity index is 2.02. The van der Waals surface area contributed by atoms with Crippen molar-refractivity contribution in [3.05, 3.63) is 23.8 Å². The number of methoxy groups -OCH3 is 2. The number of nitrogens with zero attached hydrogens (tertiary/aromatic N) is 1. The highest BCUT2D eigenvalue weighted by atomic mass is 16.5. The molecule has 1 aliphatic rings. The van der Waals surface area contributed by atoms with Gasteiger partial charge >= 0.3 is 0 Å². The summed E-state index contributed by atoms with van der Waals surface area (Å²) in [5, 5.41) is 3.00. The number of carbonyl (C=O) groups excluding carboxylic acids is 2. The summed E-state index contributed by atoms with van der Waals surface area (Å²) in [6.07, 6.45) is 1.03. The zero-order valence-electron chi connectivity index (χ0n) is 16.4. The Bertz CT molecular complexity index is 645. The Kier molecular flexibility index (Phi) is 6.89. The predicted molar refractivity (Wildman–Crippen MR) is 100 cm³/mol. The van der Waals surface area contributed by atoms with Crippen LogP contribution in [0.25, 0.3) is 0 Å². The lowest BCUT2D eigenvalue weighted by atomic mass is 9.88. The van der Waals surface area contributed by atoms with Crippen molar-refractivity contribution in [2.75, 3.05) is 20.8 Å². The molecule has 6 heteroatoms. The second kappa shape index (κ2) is 8.92. The van der Waals surface area contributed by atoms with Gasteiger partial charge in [-0.2, -0.15) is 0 Å². The molecule has 0 saturated carbocycles. The summed E-state index contributed by atoms with van der Waals surface area (Å²) in [5.41, 5.74) is 0.889. The van der Waals surface area contributed by atoms with Crippen molar-refractivity contribution >= 4 is 11.8 Å². The van der Waals surface area contributed by atoms with Crippen LogP contribution >= 0.6 is 0 Å². The number of amides is 2. The minimum Gasteiger partial charge on any atom is -0.497 e. The fourth-order valence-corrected chi connectivity index (χ4v) is 3.43. The third kappa shape index (κ3) is 4.68. The number of benzene rings is 1. The van der Waals surface area contributed by atoms with E-state index in [-0.39, 0.29) is 23.8 Å². The zero-order chi connectivity index (χ0) is 19.3. The van der Waals surface area contributed by atoms with Gasteiger partial charge in [0.15, 0.2) is 0 Å². The molecule has 6 nitrogen and oxygen atoms in total. The van der Waals surface area contributed by atoms with Gasteiger partial charge in [-0.25, -0.2) is 0 Å². The molecule has 26 heavy (non-hydrogen) atoms. The fourth-order valence-electron chi connectivity index (χ4n) is 3.43. The zero-order valence-corrected chi connectivity index (χ0v) is 16.4. The summed E-state index contributed by atoms with van der Waals surface area (Å²) < 4.78 is 10.6. The number of hydrogen-bond acceptors (Lipinski definition) is 4. The van der Waals surface area contributed by atoms with Gasteiger partial charge in [-0.3, -0.25) is 9.59 Å². The quantitative estimate of drug-likeness (QED) is 0.810. The Morgan fingerprint density at radius 1 is 1.31 bits per heavy atom. The van der Waals surface area contributed by atoms with Gasteiger partial charge in [-0.05, 0) is 31.4 Å². The highest BCUT2D eigenvalue weighted by Crippen LogP contribution is 2.27. The Morgan fingerprint density at radius 3 is 2.65 bits per heavy atom. The van der Waals surface area contributed by atoms with Gasteiger partial charge < -0.3 is 19.7 Å². The fraction of sp³-hybridized carbons (Fsp3) is 0.600. The monoisotopic (exact) mass is 362 g/mol. The van der Waals surface area contributed by atoms with Crippen LogP contribution < -0.4 is 14.8 Å². The first-order chi connectivity index (χ1) is 12.4. The molecule has 0 spiro atoms. The average Bonchev–Trinajstić information content (AvgIpc) is 2.62. The molecular weight excluding hydrogens is 332 g/mol. The lowest BCUT2D eigenvalue weighted by molar-refractivity contribution is -0.143. The first-order valence-corrected chi connectivity index (χ1v) is 9.15. The standard InChI is InChI=1S/C20H30N2O4/c1-13(2)12-22-14(3)17(8-9-19(22)23)20(24)21-11-15-6-7-16(25-4)10-18(15)26-5/h6-7,10,13-14,17H,8-9,11-12H2,1-5H3,(H,21,24)/t14-,17-/m1/s1. The molecule has 0 radical (unpaired) electrons. The number of nitrogens with one attached hydrogen (secondary N) is 1. The second-order valence-electron chi connectivity index (χ2n) is 7.22. The molecule has 1 aliphatic heterocycles.